The standard InChI is InChI=1S/C17H19NO/c19-17-11-10-16(18-17)12-13-6-8-15(9-7-13)14-4-2-1-3-5-14/h2,4-9,16H,1,3,10-12H2,(H,18,19)/t16-/m0/s1. The largest absolute Gasteiger partial charge is 0.353 e. The van der Waals surface area contributed by atoms with Crippen molar-refractivity contribution < 1.29 is 4.79 Å². The zero-order chi connectivity index (χ0) is 13.1. The van der Waals surface area contributed by atoms with Crippen molar-refractivity contribution in [2.45, 2.75) is 38.1 Å². The molecule has 1 heterocycles. The van der Waals surface area contributed by atoms with Gasteiger partial charge in [-0.3, -0.25) is 4.79 Å². The fraction of sp³-hybridized carbons (Fsp3) is 0.353. The summed E-state index contributed by atoms with van der Waals surface area (Å²) in [5.74, 6) is 0.194. The van der Waals surface area contributed by atoms with Crippen molar-refractivity contribution in [1.82, 2.24) is 5.32 Å². The lowest BCUT2D eigenvalue weighted by Gasteiger charge is -2.11. The van der Waals surface area contributed by atoms with Crippen molar-refractivity contribution in [3.8, 4) is 0 Å². The van der Waals surface area contributed by atoms with Crippen LogP contribution in [0.25, 0.3) is 5.57 Å². The van der Waals surface area contributed by atoms with Crippen LogP contribution in [0.1, 0.15) is 36.8 Å². The minimum atomic E-state index is 0.194. The van der Waals surface area contributed by atoms with Crippen LogP contribution in [0, 0.1) is 0 Å². The number of hydrogen-bond acceptors (Lipinski definition) is 1. The first-order valence-corrected chi connectivity index (χ1v) is 7.06. The second kappa shape index (κ2) is 5.43. The fourth-order valence-corrected chi connectivity index (χ4v) is 2.78. The SMILES string of the molecule is O=C1CC[C@@H](Cc2ccc(C3=CCCC=C3)cc2)N1. The molecule has 1 fully saturated rings. The van der Waals surface area contributed by atoms with E-state index in [1.807, 2.05) is 0 Å². The molecule has 19 heavy (non-hydrogen) atoms. The summed E-state index contributed by atoms with van der Waals surface area (Å²) in [5.41, 5.74) is 3.92. The van der Waals surface area contributed by atoms with Crippen molar-refractivity contribution in [1.29, 1.82) is 0 Å². The number of hydrogen-bond donors (Lipinski definition) is 1. The van der Waals surface area contributed by atoms with E-state index in [0.717, 1.165) is 25.7 Å². The monoisotopic (exact) mass is 253 g/mol. The summed E-state index contributed by atoms with van der Waals surface area (Å²) in [6.45, 7) is 0. The summed E-state index contributed by atoms with van der Waals surface area (Å²) in [6.07, 6.45) is 11.6. The minimum absolute atomic E-state index is 0.194. The number of allylic oxidation sites excluding steroid dienone is 4. The van der Waals surface area contributed by atoms with Gasteiger partial charge in [-0.25, -0.2) is 0 Å². The van der Waals surface area contributed by atoms with E-state index in [-0.39, 0.29) is 5.91 Å². The molecule has 0 aromatic heterocycles. The van der Waals surface area contributed by atoms with Gasteiger partial charge >= 0.3 is 0 Å². The number of rotatable bonds is 3. The molecule has 1 saturated heterocycles. The molecule has 1 aromatic rings. The van der Waals surface area contributed by atoms with Crippen LogP contribution >= 0.6 is 0 Å². The van der Waals surface area contributed by atoms with Crippen molar-refractivity contribution in [2.24, 2.45) is 0 Å². The number of amides is 1. The molecule has 1 N–H and O–H groups in total. The van der Waals surface area contributed by atoms with Gasteiger partial charge in [-0.15, -0.1) is 0 Å². The fourth-order valence-electron chi connectivity index (χ4n) is 2.78. The lowest BCUT2D eigenvalue weighted by Crippen LogP contribution is -2.27. The van der Waals surface area contributed by atoms with Gasteiger partial charge in [-0.2, -0.15) is 0 Å². The quantitative estimate of drug-likeness (QED) is 0.880. The van der Waals surface area contributed by atoms with E-state index in [1.165, 1.54) is 16.7 Å². The van der Waals surface area contributed by atoms with Crippen LogP contribution in [0.4, 0.5) is 0 Å². The highest BCUT2D eigenvalue weighted by atomic mass is 16.1. The van der Waals surface area contributed by atoms with Crippen molar-refractivity contribution in [3.05, 3.63) is 53.6 Å². The third kappa shape index (κ3) is 2.95. The molecule has 1 aliphatic carbocycles. The highest BCUT2D eigenvalue weighted by Gasteiger charge is 2.20. The summed E-state index contributed by atoms with van der Waals surface area (Å²) in [4.78, 5) is 11.2. The normalized spacial score (nSPS) is 22.2. The van der Waals surface area contributed by atoms with Crippen molar-refractivity contribution >= 4 is 11.5 Å². The van der Waals surface area contributed by atoms with Gasteiger partial charge in [0.25, 0.3) is 0 Å². The third-order valence-corrected chi connectivity index (χ3v) is 3.85. The first kappa shape index (κ1) is 12.2. The maximum Gasteiger partial charge on any atom is 0.220 e. The van der Waals surface area contributed by atoms with Crippen molar-refractivity contribution in [2.75, 3.05) is 0 Å². The summed E-state index contributed by atoms with van der Waals surface area (Å²) in [6, 6.07) is 9.07. The van der Waals surface area contributed by atoms with Gasteiger partial charge in [0.2, 0.25) is 5.91 Å². The Balaban J connectivity index is 1.67. The maximum atomic E-state index is 11.2. The lowest BCUT2D eigenvalue weighted by molar-refractivity contribution is -0.119. The van der Waals surface area contributed by atoms with Gasteiger partial charge in [0, 0.05) is 12.5 Å². The molecule has 1 amide bonds. The van der Waals surface area contributed by atoms with Crippen LogP contribution in [0.5, 0.6) is 0 Å². The minimum Gasteiger partial charge on any atom is -0.353 e. The molecule has 0 radical (unpaired) electrons. The van der Waals surface area contributed by atoms with Crippen LogP contribution in [-0.4, -0.2) is 11.9 Å². The second-order valence-electron chi connectivity index (χ2n) is 5.34. The molecular weight excluding hydrogens is 234 g/mol. The van der Waals surface area contributed by atoms with E-state index in [2.05, 4.69) is 47.8 Å². The summed E-state index contributed by atoms with van der Waals surface area (Å²) < 4.78 is 0. The molecule has 0 unspecified atom stereocenters. The first-order valence-electron chi connectivity index (χ1n) is 7.06. The Bertz CT molecular complexity index is 525. The Morgan fingerprint density at radius 3 is 2.63 bits per heavy atom. The molecule has 1 atom stereocenters. The zero-order valence-corrected chi connectivity index (χ0v) is 11.1. The molecule has 1 aromatic carbocycles. The first-order chi connectivity index (χ1) is 9.31. The Morgan fingerprint density at radius 1 is 1.16 bits per heavy atom. The number of nitrogens with one attached hydrogen (secondary N) is 1. The number of benzene rings is 1. The van der Waals surface area contributed by atoms with E-state index in [1.54, 1.807) is 0 Å². The average molecular weight is 253 g/mol. The highest BCUT2D eigenvalue weighted by molar-refractivity contribution is 5.78. The van der Waals surface area contributed by atoms with E-state index < -0.39 is 0 Å². The second-order valence-corrected chi connectivity index (χ2v) is 5.34. The summed E-state index contributed by atoms with van der Waals surface area (Å²) >= 11 is 0. The summed E-state index contributed by atoms with van der Waals surface area (Å²) in [7, 11) is 0. The molecule has 2 nitrogen and oxygen atoms in total. The third-order valence-electron chi connectivity index (χ3n) is 3.85. The Morgan fingerprint density at radius 2 is 2.00 bits per heavy atom. The predicted molar refractivity (Wildman–Crippen MR) is 77.7 cm³/mol. The van der Waals surface area contributed by atoms with Crippen molar-refractivity contribution in [3.63, 3.8) is 0 Å². The molecule has 3 rings (SSSR count). The summed E-state index contributed by atoms with van der Waals surface area (Å²) in [5, 5.41) is 3.02. The van der Waals surface area contributed by atoms with Crippen LogP contribution in [0.15, 0.2) is 42.5 Å². The lowest BCUT2D eigenvalue weighted by atomic mass is 9.97. The molecule has 98 valence electrons. The van der Waals surface area contributed by atoms with Crippen LogP contribution in [0.2, 0.25) is 0 Å². The molecule has 2 heteroatoms. The van der Waals surface area contributed by atoms with E-state index in [0.29, 0.717) is 12.5 Å². The Hall–Kier alpha value is -1.83. The maximum absolute atomic E-state index is 11.2. The highest BCUT2D eigenvalue weighted by Crippen LogP contribution is 2.22. The number of carbonyl (C=O) groups excluding carboxylic acids is 1. The van der Waals surface area contributed by atoms with Gasteiger partial charge in [-0.05, 0) is 42.4 Å². The average Bonchev–Trinajstić information content (AvgIpc) is 2.86. The van der Waals surface area contributed by atoms with E-state index >= 15 is 0 Å². The van der Waals surface area contributed by atoms with Gasteiger partial charge in [0.1, 0.15) is 0 Å². The predicted octanol–water partition coefficient (Wildman–Crippen LogP) is 3.24. The molecular formula is C17H19NO. The molecule has 1 aliphatic heterocycles. The van der Waals surface area contributed by atoms with E-state index in [4.69, 9.17) is 0 Å². The van der Waals surface area contributed by atoms with Crippen LogP contribution < -0.4 is 5.32 Å². The van der Waals surface area contributed by atoms with Gasteiger partial charge in [0.05, 0.1) is 0 Å². The van der Waals surface area contributed by atoms with Gasteiger partial charge in [0.15, 0.2) is 0 Å². The molecule has 2 aliphatic rings. The smallest absolute Gasteiger partial charge is 0.220 e. The number of carbonyl (C=O) groups is 1. The van der Waals surface area contributed by atoms with Gasteiger partial charge in [-0.1, -0.05) is 42.5 Å². The molecule has 0 bridgehead atoms. The Labute approximate surface area is 114 Å². The Kier molecular flexibility index (Phi) is 3.49. The van der Waals surface area contributed by atoms with Crippen LogP contribution in [0.3, 0.4) is 0 Å². The molecule has 0 spiro atoms. The molecule has 0 saturated carbocycles. The van der Waals surface area contributed by atoms with Crippen LogP contribution in [-0.2, 0) is 11.2 Å². The van der Waals surface area contributed by atoms with Gasteiger partial charge < -0.3 is 5.32 Å². The zero-order valence-electron chi connectivity index (χ0n) is 11.1. The van der Waals surface area contributed by atoms with E-state index in [9.17, 15) is 4.79 Å². The topological polar surface area (TPSA) is 29.1 Å².